The molecule has 1 N–H and O–H groups in total. The molecular formula is C26H16FNO2S. The quantitative estimate of drug-likeness (QED) is 0.360. The van der Waals surface area contributed by atoms with Crippen LogP contribution in [-0.4, -0.2) is 5.91 Å². The van der Waals surface area contributed by atoms with Crippen molar-refractivity contribution in [2.45, 2.75) is 0 Å². The zero-order valence-corrected chi connectivity index (χ0v) is 17.1. The van der Waals surface area contributed by atoms with Crippen LogP contribution in [0.15, 0.2) is 95.8 Å². The minimum absolute atomic E-state index is 0.139. The number of rotatable bonds is 3. The number of amides is 1. The topological polar surface area (TPSA) is 46.2 Å². The van der Waals surface area contributed by atoms with Gasteiger partial charge in [-0.2, -0.15) is 0 Å². The summed E-state index contributed by atoms with van der Waals surface area (Å²) >= 11 is 1.35. The first-order valence-corrected chi connectivity index (χ1v) is 10.5. The van der Waals surface area contributed by atoms with Gasteiger partial charge in [-0.1, -0.05) is 54.6 Å². The largest absolute Gasteiger partial charge is 0.313 e. The molecule has 1 amide bonds. The van der Waals surface area contributed by atoms with E-state index in [1.54, 1.807) is 6.07 Å². The number of fused-ring (bicyclic) bond motifs is 2. The lowest BCUT2D eigenvalue weighted by Crippen LogP contribution is -2.15. The molecule has 0 bridgehead atoms. The van der Waals surface area contributed by atoms with Crippen molar-refractivity contribution >= 4 is 43.1 Å². The molecule has 0 fully saturated rings. The van der Waals surface area contributed by atoms with Gasteiger partial charge in [0.1, 0.15) is 10.8 Å². The third kappa shape index (κ3) is 3.49. The summed E-state index contributed by atoms with van der Waals surface area (Å²) in [5, 5.41) is 5.91. The fourth-order valence-corrected chi connectivity index (χ4v) is 4.78. The first-order valence-electron chi connectivity index (χ1n) is 9.73. The van der Waals surface area contributed by atoms with Crippen molar-refractivity contribution in [1.29, 1.82) is 0 Å². The molecule has 0 saturated heterocycles. The fraction of sp³-hybridized carbons (Fsp3) is 0. The standard InChI is InChI=1S/C26H16FNO2S/c27-18-14-12-17(13-15-18)25(30)28-26-23(24(29)21-9-3-4-11-22(21)31-26)20-10-5-7-16-6-1-2-8-19(16)20/h1-15H,(H,28,30). The maximum atomic E-state index is 13.6. The number of nitrogens with one attached hydrogen (secondary N) is 1. The smallest absolute Gasteiger partial charge is 0.256 e. The second-order valence-electron chi connectivity index (χ2n) is 7.12. The van der Waals surface area contributed by atoms with E-state index in [9.17, 15) is 14.0 Å². The van der Waals surface area contributed by atoms with E-state index in [4.69, 9.17) is 0 Å². The Kier molecular flexibility index (Phi) is 4.81. The molecular weight excluding hydrogens is 409 g/mol. The van der Waals surface area contributed by atoms with Crippen LogP contribution in [0.1, 0.15) is 10.4 Å². The Balaban J connectivity index is 1.75. The van der Waals surface area contributed by atoms with Gasteiger partial charge < -0.3 is 5.32 Å². The van der Waals surface area contributed by atoms with Gasteiger partial charge in [0, 0.05) is 15.6 Å². The lowest BCUT2D eigenvalue weighted by molar-refractivity contribution is 0.102. The first-order chi connectivity index (χ1) is 15.1. The Bertz CT molecular complexity index is 1500. The highest BCUT2D eigenvalue weighted by Gasteiger charge is 2.19. The number of benzene rings is 4. The lowest BCUT2D eigenvalue weighted by atomic mass is 9.98. The maximum absolute atomic E-state index is 13.6. The van der Waals surface area contributed by atoms with Crippen molar-refractivity contribution in [1.82, 2.24) is 0 Å². The van der Waals surface area contributed by atoms with Crippen LogP contribution in [0, 0.1) is 5.82 Å². The Labute approximate surface area is 181 Å². The molecule has 0 spiro atoms. The molecule has 1 aromatic heterocycles. The van der Waals surface area contributed by atoms with E-state index in [0.717, 1.165) is 21.0 Å². The summed E-state index contributed by atoms with van der Waals surface area (Å²) in [6.07, 6.45) is 0. The monoisotopic (exact) mass is 425 g/mol. The summed E-state index contributed by atoms with van der Waals surface area (Å²) in [5.74, 6) is -0.809. The van der Waals surface area contributed by atoms with Gasteiger partial charge in [-0.25, -0.2) is 4.39 Å². The molecule has 5 rings (SSSR count). The van der Waals surface area contributed by atoms with Crippen LogP contribution < -0.4 is 10.7 Å². The highest BCUT2D eigenvalue weighted by Crippen LogP contribution is 2.37. The molecule has 0 unspecified atom stereocenters. The third-order valence-corrected chi connectivity index (χ3v) is 6.28. The van der Waals surface area contributed by atoms with Gasteiger partial charge in [0.05, 0.1) is 5.56 Å². The van der Waals surface area contributed by atoms with Gasteiger partial charge >= 0.3 is 0 Å². The third-order valence-electron chi connectivity index (χ3n) is 5.19. The molecule has 31 heavy (non-hydrogen) atoms. The van der Waals surface area contributed by atoms with Gasteiger partial charge in [-0.3, -0.25) is 9.59 Å². The van der Waals surface area contributed by atoms with E-state index in [0.29, 0.717) is 21.5 Å². The normalized spacial score (nSPS) is 11.0. The summed E-state index contributed by atoms with van der Waals surface area (Å²) in [5.41, 5.74) is 1.40. The van der Waals surface area contributed by atoms with Crippen molar-refractivity contribution < 1.29 is 9.18 Å². The average Bonchev–Trinajstić information content (AvgIpc) is 2.79. The second kappa shape index (κ2) is 7.78. The Hall–Kier alpha value is -3.83. The minimum atomic E-state index is -0.414. The van der Waals surface area contributed by atoms with Gasteiger partial charge in [0.15, 0.2) is 5.43 Å². The van der Waals surface area contributed by atoms with Gasteiger partial charge in [-0.15, -0.1) is 11.3 Å². The van der Waals surface area contributed by atoms with Crippen LogP contribution in [0.2, 0.25) is 0 Å². The van der Waals surface area contributed by atoms with Gasteiger partial charge in [0.2, 0.25) is 0 Å². The van der Waals surface area contributed by atoms with E-state index in [1.165, 1.54) is 35.6 Å². The first kappa shape index (κ1) is 19.2. The summed E-state index contributed by atoms with van der Waals surface area (Å²) in [6.45, 7) is 0. The van der Waals surface area contributed by atoms with Gasteiger partial charge in [0.25, 0.3) is 5.91 Å². The van der Waals surface area contributed by atoms with E-state index < -0.39 is 11.7 Å². The fourth-order valence-electron chi connectivity index (χ4n) is 3.69. The number of halogens is 1. The molecule has 0 saturated carbocycles. The summed E-state index contributed by atoms with van der Waals surface area (Å²) < 4.78 is 14.1. The van der Waals surface area contributed by atoms with Crippen LogP contribution >= 0.6 is 11.3 Å². The number of hydrogen-bond acceptors (Lipinski definition) is 3. The van der Waals surface area contributed by atoms with Crippen LogP contribution in [-0.2, 0) is 0 Å². The number of carbonyl (C=O) groups excluding carboxylic acids is 1. The minimum Gasteiger partial charge on any atom is -0.313 e. The van der Waals surface area contributed by atoms with Crippen molar-refractivity contribution in [2.24, 2.45) is 0 Å². The predicted octanol–water partition coefficient (Wildman–Crippen LogP) is 6.47. The zero-order valence-electron chi connectivity index (χ0n) is 16.3. The molecule has 0 atom stereocenters. The summed E-state index contributed by atoms with van der Waals surface area (Å²) in [6, 6.07) is 26.3. The average molecular weight is 425 g/mol. The van der Waals surface area contributed by atoms with Crippen molar-refractivity contribution in [3.63, 3.8) is 0 Å². The lowest BCUT2D eigenvalue weighted by Gasteiger charge is -2.14. The number of hydrogen-bond donors (Lipinski definition) is 1. The Morgan fingerprint density at radius 1 is 0.774 bits per heavy atom. The highest BCUT2D eigenvalue weighted by molar-refractivity contribution is 7.22. The van der Waals surface area contributed by atoms with E-state index >= 15 is 0 Å². The highest BCUT2D eigenvalue weighted by atomic mass is 32.1. The molecule has 5 aromatic rings. The van der Waals surface area contributed by atoms with Crippen molar-refractivity contribution in [3.05, 3.63) is 113 Å². The summed E-state index contributed by atoms with van der Waals surface area (Å²) in [7, 11) is 0. The van der Waals surface area contributed by atoms with Crippen molar-refractivity contribution in [3.8, 4) is 11.1 Å². The molecule has 3 nitrogen and oxygen atoms in total. The molecule has 4 aromatic carbocycles. The zero-order chi connectivity index (χ0) is 21.4. The van der Waals surface area contributed by atoms with Crippen LogP contribution in [0.4, 0.5) is 9.39 Å². The van der Waals surface area contributed by atoms with E-state index in [2.05, 4.69) is 5.32 Å². The maximum Gasteiger partial charge on any atom is 0.256 e. The molecule has 1 heterocycles. The van der Waals surface area contributed by atoms with Crippen LogP contribution in [0.3, 0.4) is 0 Å². The predicted molar refractivity (Wildman–Crippen MR) is 125 cm³/mol. The van der Waals surface area contributed by atoms with Crippen LogP contribution in [0.5, 0.6) is 0 Å². The molecule has 150 valence electrons. The Morgan fingerprint density at radius 2 is 1.45 bits per heavy atom. The summed E-state index contributed by atoms with van der Waals surface area (Å²) in [4.78, 5) is 26.5. The van der Waals surface area contributed by atoms with Crippen molar-refractivity contribution in [2.75, 3.05) is 5.32 Å². The number of carbonyl (C=O) groups is 1. The second-order valence-corrected chi connectivity index (χ2v) is 8.17. The van der Waals surface area contributed by atoms with Gasteiger partial charge in [-0.05, 0) is 52.7 Å². The SMILES string of the molecule is O=C(Nc1sc2ccccc2c(=O)c1-c1cccc2ccccc12)c1ccc(F)cc1. The Morgan fingerprint density at radius 3 is 2.26 bits per heavy atom. The number of anilines is 1. The van der Waals surface area contributed by atoms with Crippen LogP contribution in [0.25, 0.3) is 32.0 Å². The molecule has 0 aliphatic carbocycles. The van der Waals surface area contributed by atoms with E-state index in [1.807, 2.05) is 60.7 Å². The van der Waals surface area contributed by atoms with E-state index in [-0.39, 0.29) is 5.43 Å². The molecule has 0 aliphatic heterocycles. The molecule has 0 aliphatic rings. The molecule has 5 heteroatoms. The molecule has 0 radical (unpaired) electrons.